The minimum absolute atomic E-state index is 0.0697. The van der Waals surface area contributed by atoms with E-state index in [2.05, 4.69) is 20.5 Å². The van der Waals surface area contributed by atoms with Gasteiger partial charge in [0.2, 0.25) is 5.91 Å². The molecule has 0 unspecified atom stereocenters. The lowest BCUT2D eigenvalue weighted by atomic mass is 10.1. The van der Waals surface area contributed by atoms with E-state index < -0.39 is 0 Å². The van der Waals surface area contributed by atoms with Crippen LogP contribution in [0.3, 0.4) is 0 Å². The SMILES string of the molecule is Cc1nc(CC(=O)N/N=C/c2c(CO)cnc(C)c2O)cs1. The predicted molar refractivity (Wildman–Crippen MR) is 82.9 cm³/mol. The van der Waals surface area contributed by atoms with Crippen molar-refractivity contribution >= 4 is 23.5 Å². The van der Waals surface area contributed by atoms with E-state index in [-0.39, 0.29) is 24.7 Å². The first-order valence-electron chi connectivity index (χ1n) is 6.52. The third-order valence-corrected chi connectivity index (χ3v) is 3.74. The van der Waals surface area contributed by atoms with Gasteiger partial charge in [0.25, 0.3) is 0 Å². The van der Waals surface area contributed by atoms with Crippen molar-refractivity contribution in [3.05, 3.63) is 39.1 Å². The Morgan fingerprint density at radius 1 is 1.50 bits per heavy atom. The Labute approximate surface area is 131 Å². The number of nitrogens with one attached hydrogen (secondary N) is 1. The molecule has 0 aliphatic carbocycles. The topological polar surface area (TPSA) is 108 Å². The molecule has 0 saturated carbocycles. The van der Waals surface area contributed by atoms with Crippen molar-refractivity contribution in [2.75, 3.05) is 0 Å². The Morgan fingerprint density at radius 2 is 2.27 bits per heavy atom. The van der Waals surface area contributed by atoms with Crippen LogP contribution < -0.4 is 5.43 Å². The van der Waals surface area contributed by atoms with Gasteiger partial charge in [-0.05, 0) is 13.8 Å². The summed E-state index contributed by atoms with van der Waals surface area (Å²) < 4.78 is 0. The molecule has 0 fully saturated rings. The summed E-state index contributed by atoms with van der Waals surface area (Å²) in [5.41, 5.74) is 4.24. The highest BCUT2D eigenvalue weighted by Crippen LogP contribution is 2.21. The number of hydrogen-bond donors (Lipinski definition) is 3. The first-order valence-corrected chi connectivity index (χ1v) is 7.40. The molecule has 8 heteroatoms. The van der Waals surface area contributed by atoms with Gasteiger partial charge >= 0.3 is 0 Å². The summed E-state index contributed by atoms with van der Waals surface area (Å²) >= 11 is 1.48. The molecule has 2 heterocycles. The van der Waals surface area contributed by atoms with Crippen molar-refractivity contribution in [3.63, 3.8) is 0 Å². The maximum Gasteiger partial charge on any atom is 0.246 e. The monoisotopic (exact) mass is 320 g/mol. The fraction of sp³-hybridized carbons (Fsp3) is 0.286. The van der Waals surface area contributed by atoms with Gasteiger partial charge in [-0.2, -0.15) is 5.10 Å². The third-order valence-electron chi connectivity index (χ3n) is 2.92. The Morgan fingerprint density at radius 3 is 2.91 bits per heavy atom. The van der Waals surface area contributed by atoms with Gasteiger partial charge in [0.1, 0.15) is 5.75 Å². The summed E-state index contributed by atoms with van der Waals surface area (Å²) in [4.78, 5) is 19.9. The standard InChI is InChI=1S/C14H16N4O3S/c1-8-14(21)12(10(6-19)4-15-8)5-16-18-13(20)3-11-7-22-9(2)17-11/h4-5,7,19,21H,3,6H2,1-2H3,(H,18,20)/b16-5+. The molecule has 0 atom stereocenters. The number of aromatic hydroxyl groups is 1. The number of carbonyl (C=O) groups excluding carboxylic acids is 1. The van der Waals surface area contributed by atoms with Gasteiger partial charge in [-0.25, -0.2) is 10.4 Å². The average Bonchev–Trinajstić information content (AvgIpc) is 2.88. The molecule has 0 aromatic carbocycles. The van der Waals surface area contributed by atoms with Crippen LogP contribution >= 0.6 is 11.3 Å². The molecule has 0 bridgehead atoms. The van der Waals surface area contributed by atoms with Crippen molar-refractivity contribution in [1.82, 2.24) is 15.4 Å². The zero-order chi connectivity index (χ0) is 16.1. The molecule has 3 N–H and O–H groups in total. The van der Waals surface area contributed by atoms with Gasteiger partial charge in [0.15, 0.2) is 0 Å². The molecule has 7 nitrogen and oxygen atoms in total. The van der Waals surface area contributed by atoms with E-state index in [1.54, 1.807) is 6.92 Å². The Hall–Kier alpha value is -2.32. The number of aryl methyl sites for hydroxylation is 2. The lowest BCUT2D eigenvalue weighted by molar-refractivity contribution is -0.120. The lowest BCUT2D eigenvalue weighted by Crippen LogP contribution is -2.20. The van der Waals surface area contributed by atoms with Crippen LogP contribution in [0.5, 0.6) is 5.75 Å². The van der Waals surface area contributed by atoms with E-state index >= 15 is 0 Å². The predicted octanol–water partition coefficient (Wildman–Crippen LogP) is 1.05. The van der Waals surface area contributed by atoms with Crippen LogP contribution in [0.1, 0.15) is 27.5 Å². The number of thiazole rings is 1. The van der Waals surface area contributed by atoms with E-state index in [0.29, 0.717) is 22.5 Å². The molecular formula is C14H16N4O3S. The minimum Gasteiger partial charge on any atom is -0.505 e. The lowest BCUT2D eigenvalue weighted by Gasteiger charge is -2.06. The number of nitrogens with zero attached hydrogens (tertiary/aromatic N) is 3. The van der Waals surface area contributed by atoms with Gasteiger partial charge in [0.05, 0.1) is 35.6 Å². The first kappa shape index (κ1) is 16.1. The van der Waals surface area contributed by atoms with E-state index in [1.807, 2.05) is 12.3 Å². The van der Waals surface area contributed by atoms with Crippen LogP contribution in [0.25, 0.3) is 0 Å². The van der Waals surface area contributed by atoms with Crippen LogP contribution in [-0.4, -0.2) is 32.3 Å². The van der Waals surface area contributed by atoms with Crippen molar-refractivity contribution in [3.8, 4) is 5.75 Å². The molecule has 2 aromatic heterocycles. The second kappa shape index (κ2) is 7.10. The quantitative estimate of drug-likeness (QED) is 0.564. The van der Waals surface area contributed by atoms with Crippen molar-refractivity contribution < 1.29 is 15.0 Å². The number of aliphatic hydroxyl groups is 1. The maximum atomic E-state index is 11.7. The van der Waals surface area contributed by atoms with Crippen LogP contribution in [0.15, 0.2) is 16.7 Å². The van der Waals surface area contributed by atoms with E-state index in [0.717, 1.165) is 5.01 Å². The van der Waals surface area contributed by atoms with Crippen LogP contribution in [-0.2, 0) is 17.8 Å². The van der Waals surface area contributed by atoms with Crippen molar-refractivity contribution in [1.29, 1.82) is 0 Å². The number of rotatable bonds is 5. The van der Waals surface area contributed by atoms with Crippen molar-refractivity contribution in [2.24, 2.45) is 5.10 Å². The number of pyridine rings is 1. The van der Waals surface area contributed by atoms with E-state index in [9.17, 15) is 15.0 Å². The molecule has 2 rings (SSSR count). The number of aromatic nitrogens is 2. The van der Waals surface area contributed by atoms with Crippen molar-refractivity contribution in [2.45, 2.75) is 26.9 Å². The highest BCUT2D eigenvalue weighted by Gasteiger charge is 2.10. The molecule has 1 amide bonds. The second-order valence-electron chi connectivity index (χ2n) is 4.62. The van der Waals surface area contributed by atoms with E-state index in [1.165, 1.54) is 23.7 Å². The highest BCUT2D eigenvalue weighted by molar-refractivity contribution is 7.09. The molecule has 2 aromatic rings. The molecule has 0 saturated heterocycles. The fourth-order valence-electron chi connectivity index (χ4n) is 1.78. The molecule has 116 valence electrons. The van der Waals surface area contributed by atoms with Crippen LogP contribution in [0, 0.1) is 13.8 Å². The number of carbonyl (C=O) groups is 1. The van der Waals surface area contributed by atoms with Gasteiger partial charge < -0.3 is 10.2 Å². The molecule has 0 aliphatic rings. The number of hydrogen-bond acceptors (Lipinski definition) is 7. The smallest absolute Gasteiger partial charge is 0.246 e. The maximum absolute atomic E-state index is 11.7. The summed E-state index contributed by atoms with van der Waals surface area (Å²) in [5.74, 6) is -0.378. The Balaban J connectivity index is 2.03. The Bertz CT molecular complexity index is 712. The largest absolute Gasteiger partial charge is 0.505 e. The molecule has 0 radical (unpaired) electrons. The zero-order valence-electron chi connectivity index (χ0n) is 12.2. The van der Waals surface area contributed by atoms with Gasteiger partial charge in [-0.15, -0.1) is 11.3 Å². The van der Waals surface area contributed by atoms with Crippen LogP contribution in [0.4, 0.5) is 0 Å². The van der Waals surface area contributed by atoms with Gasteiger partial charge in [0, 0.05) is 22.7 Å². The normalized spacial score (nSPS) is 11.0. The highest BCUT2D eigenvalue weighted by atomic mass is 32.1. The number of amides is 1. The first-order chi connectivity index (χ1) is 10.5. The summed E-state index contributed by atoms with van der Waals surface area (Å²) in [7, 11) is 0. The fourth-order valence-corrected chi connectivity index (χ4v) is 2.40. The second-order valence-corrected chi connectivity index (χ2v) is 5.68. The summed E-state index contributed by atoms with van der Waals surface area (Å²) in [5, 5.41) is 25.7. The Kier molecular flexibility index (Phi) is 5.18. The zero-order valence-corrected chi connectivity index (χ0v) is 13.0. The summed E-state index contributed by atoms with van der Waals surface area (Å²) in [6.07, 6.45) is 2.88. The molecule has 22 heavy (non-hydrogen) atoms. The number of hydrazone groups is 1. The summed E-state index contributed by atoms with van der Waals surface area (Å²) in [6.45, 7) is 3.22. The van der Waals surface area contributed by atoms with Crippen LogP contribution in [0.2, 0.25) is 0 Å². The van der Waals surface area contributed by atoms with E-state index in [4.69, 9.17) is 0 Å². The van der Waals surface area contributed by atoms with Gasteiger partial charge in [-0.3, -0.25) is 9.78 Å². The average molecular weight is 320 g/mol. The van der Waals surface area contributed by atoms with Gasteiger partial charge in [-0.1, -0.05) is 0 Å². The summed E-state index contributed by atoms with van der Waals surface area (Å²) in [6, 6.07) is 0. The molecule has 0 spiro atoms. The third kappa shape index (κ3) is 3.86. The molecule has 0 aliphatic heterocycles. The minimum atomic E-state index is -0.308. The molecular weight excluding hydrogens is 304 g/mol. The number of aliphatic hydroxyl groups excluding tert-OH is 1.